The molecule has 0 saturated heterocycles. The molecule has 1 heterocycles. The van der Waals surface area contributed by atoms with E-state index in [0.717, 1.165) is 11.8 Å². The Bertz CT molecular complexity index is 418. The van der Waals surface area contributed by atoms with Gasteiger partial charge in [0.1, 0.15) is 5.25 Å². The first kappa shape index (κ1) is 11.7. The molecule has 0 saturated carbocycles. The van der Waals surface area contributed by atoms with Gasteiger partial charge in [-0.05, 0) is 6.92 Å². The van der Waals surface area contributed by atoms with Crippen LogP contribution in [0.5, 0.6) is 0 Å². The van der Waals surface area contributed by atoms with Crippen molar-refractivity contribution in [2.75, 3.05) is 6.54 Å². The van der Waals surface area contributed by atoms with Gasteiger partial charge in [-0.3, -0.25) is 9.59 Å². The van der Waals surface area contributed by atoms with Crippen molar-refractivity contribution < 1.29 is 9.90 Å². The molecule has 4 N–H and O–H groups in total. The number of aromatic amines is 1. The van der Waals surface area contributed by atoms with Gasteiger partial charge in [-0.15, -0.1) is 0 Å². The van der Waals surface area contributed by atoms with Crippen LogP contribution in [0, 0.1) is 6.92 Å². The second kappa shape index (κ2) is 4.94. The summed E-state index contributed by atoms with van der Waals surface area (Å²) in [6, 6.07) is 1.34. The number of thioether (sulfide) groups is 1. The molecule has 15 heavy (non-hydrogen) atoms. The zero-order valence-electron chi connectivity index (χ0n) is 8.06. The lowest BCUT2D eigenvalue weighted by molar-refractivity contribution is -0.136. The maximum Gasteiger partial charge on any atom is 0.318 e. The number of carboxylic acids is 1. The molecule has 0 bridgehead atoms. The second-order valence-corrected chi connectivity index (χ2v) is 4.06. The van der Waals surface area contributed by atoms with Crippen LogP contribution < -0.4 is 11.3 Å². The van der Waals surface area contributed by atoms with E-state index in [1.165, 1.54) is 6.07 Å². The summed E-state index contributed by atoms with van der Waals surface area (Å²) < 4.78 is 0. The minimum Gasteiger partial charge on any atom is -0.480 e. The third kappa shape index (κ3) is 3.37. The number of carboxylic acid groups (broad SMARTS) is 1. The number of hydrogen-bond donors (Lipinski definition) is 3. The van der Waals surface area contributed by atoms with Gasteiger partial charge < -0.3 is 15.8 Å². The van der Waals surface area contributed by atoms with E-state index in [2.05, 4.69) is 9.97 Å². The molecule has 0 fully saturated rings. The molecule has 82 valence electrons. The minimum absolute atomic E-state index is 0.0162. The van der Waals surface area contributed by atoms with E-state index >= 15 is 0 Å². The number of hydrogen-bond acceptors (Lipinski definition) is 5. The molecule has 1 aromatic rings. The van der Waals surface area contributed by atoms with E-state index in [9.17, 15) is 9.59 Å². The van der Waals surface area contributed by atoms with Crippen molar-refractivity contribution in [2.24, 2.45) is 5.73 Å². The Morgan fingerprint density at radius 3 is 2.93 bits per heavy atom. The first-order chi connectivity index (χ1) is 7.02. The van der Waals surface area contributed by atoms with Crippen LogP contribution in [0.3, 0.4) is 0 Å². The highest BCUT2D eigenvalue weighted by molar-refractivity contribution is 8.00. The average Bonchev–Trinajstić information content (AvgIpc) is 2.12. The number of carbonyl (C=O) groups is 1. The van der Waals surface area contributed by atoms with Gasteiger partial charge >= 0.3 is 5.97 Å². The monoisotopic (exact) mass is 229 g/mol. The first-order valence-corrected chi connectivity index (χ1v) is 5.08. The molecular weight excluding hydrogens is 218 g/mol. The van der Waals surface area contributed by atoms with Crippen LogP contribution in [0.4, 0.5) is 0 Å². The van der Waals surface area contributed by atoms with E-state index in [4.69, 9.17) is 10.8 Å². The second-order valence-electron chi connectivity index (χ2n) is 2.87. The van der Waals surface area contributed by atoms with Crippen LogP contribution in [0.25, 0.3) is 0 Å². The molecule has 0 aliphatic heterocycles. The summed E-state index contributed by atoms with van der Waals surface area (Å²) in [6.07, 6.45) is 0. The van der Waals surface area contributed by atoms with Crippen molar-refractivity contribution >= 4 is 17.7 Å². The topological polar surface area (TPSA) is 109 Å². The third-order valence-corrected chi connectivity index (χ3v) is 2.69. The molecule has 0 aliphatic rings. The van der Waals surface area contributed by atoms with Gasteiger partial charge in [-0.2, -0.15) is 0 Å². The standard InChI is InChI=1S/C8H11N3O3S/c1-4-2-6(12)11-8(10-4)15-5(3-9)7(13)14/h2,5H,3,9H2,1H3,(H,13,14)(H,10,11,12). The summed E-state index contributed by atoms with van der Waals surface area (Å²) in [7, 11) is 0. The third-order valence-electron chi connectivity index (χ3n) is 1.59. The number of aryl methyl sites for hydroxylation is 1. The Kier molecular flexibility index (Phi) is 3.87. The summed E-state index contributed by atoms with van der Waals surface area (Å²) in [6.45, 7) is 1.65. The lowest BCUT2D eigenvalue weighted by Crippen LogP contribution is -2.26. The predicted molar refractivity (Wildman–Crippen MR) is 55.9 cm³/mol. The Hall–Kier alpha value is -1.34. The average molecular weight is 229 g/mol. The predicted octanol–water partition coefficient (Wildman–Crippen LogP) is -0.418. The minimum atomic E-state index is -1.02. The molecule has 1 unspecified atom stereocenters. The summed E-state index contributed by atoms with van der Waals surface area (Å²) in [4.78, 5) is 28.2. The van der Waals surface area contributed by atoms with Crippen molar-refractivity contribution in [3.8, 4) is 0 Å². The largest absolute Gasteiger partial charge is 0.480 e. The van der Waals surface area contributed by atoms with Gasteiger partial charge in [0.05, 0.1) is 0 Å². The molecule has 1 atom stereocenters. The molecule has 7 heteroatoms. The van der Waals surface area contributed by atoms with E-state index < -0.39 is 11.2 Å². The Labute approximate surface area is 89.9 Å². The zero-order chi connectivity index (χ0) is 11.4. The Balaban J connectivity index is 2.88. The molecule has 0 amide bonds. The number of nitrogens with zero attached hydrogens (tertiary/aromatic N) is 1. The van der Waals surface area contributed by atoms with Gasteiger partial charge in [-0.1, -0.05) is 11.8 Å². The van der Waals surface area contributed by atoms with Gasteiger partial charge in [0.25, 0.3) is 5.56 Å². The van der Waals surface area contributed by atoms with Gasteiger partial charge in [0.15, 0.2) is 5.16 Å². The van der Waals surface area contributed by atoms with Crippen molar-refractivity contribution in [3.63, 3.8) is 0 Å². The zero-order valence-corrected chi connectivity index (χ0v) is 8.87. The van der Waals surface area contributed by atoms with Gasteiger partial charge in [-0.25, -0.2) is 4.98 Å². The Morgan fingerprint density at radius 2 is 2.47 bits per heavy atom. The SMILES string of the molecule is Cc1cc(=O)[nH]c(SC(CN)C(=O)O)n1. The molecule has 1 rings (SSSR count). The molecular formula is C8H11N3O3S. The molecule has 1 aromatic heterocycles. The van der Waals surface area contributed by atoms with Crippen LogP contribution >= 0.6 is 11.8 Å². The summed E-state index contributed by atoms with van der Waals surface area (Å²) in [5, 5.41) is 8.23. The number of H-pyrrole nitrogens is 1. The fraction of sp³-hybridized carbons (Fsp3) is 0.375. The fourth-order valence-corrected chi connectivity index (χ4v) is 1.76. The van der Waals surface area contributed by atoms with Crippen LogP contribution in [0.15, 0.2) is 16.0 Å². The lowest BCUT2D eigenvalue weighted by Gasteiger charge is -2.07. The highest BCUT2D eigenvalue weighted by Crippen LogP contribution is 2.17. The molecule has 6 nitrogen and oxygen atoms in total. The van der Waals surface area contributed by atoms with E-state index in [1.54, 1.807) is 6.92 Å². The smallest absolute Gasteiger partial charge is 0.318 e. The van der Waals surface area contributed by atoms with Crippen molar-refractivity contribution in [2.45, 2.75) is 17.3 Å². The van der Waals surface area contributed by atoms with Gasteiger partial charge in [0.2, 0.25) is 0 Å². The van der Waals surface area contributed by atoms with Crippen LogP contribution in [0.2, 0.25) is 0 Å². The van der Waals surface area contributed by atoms with Crippen molar-refractivity contribution in [1.29, 1.82) is 0 Å². The van der Waals surface area contributed by atoms with Crippen LogP contribution in [-0.2, 0) is 4.79 Å². The quantitative estimate of drug-likeness (QED) is 0.478. The first-order valence-electron chi connectivity index (χ1n) is 4.20. The molecule has 0 spiro atoms. The maximum atomic E-state index is 11.1. The molecule has 0 aromatic carbocycles. The number of aliphatic carboxylic acids is 1. The van der Waals surface area contributed by atoms with Crippen molar-refractivity contribution in [3.05, 3.63) is 22.1 Å². The van der Waals surface area contributed by atoms with Crippen LogP contribution in [-0.4, -0.2) is 32.8 Å². The van der Waals surface area contributed by atoms with Crippen molar-refractivity contribution in [1.82, 2.24) is 9.97 Å². The normalized spacial score (nSPS) is 12.4. The van der Waals surface area contributed by atoms with E-state index in [0.29, 0.717) is 5.69 Å². The molecule has 0 radical (unpaired) electrons. The summed E-state index contributed by atoms with van der Waals surface area (Å²) in [5.41, 5.74) is 5.52. The number of rotatable bonds is 4. The highest BCUT2D eigenvalue weighted by atomic mass is 32.2. The fourth-order valence-electron chi connectivity index (χ4n) is 0.941. The van der Waals surface area contributed by atoms with Gasteiger partial charge in [0, 0.05) is 18.3 Å². The number of nitrogens with two attached hydrogens (primary N) is 1. The number of aromatic nitrogens is 2. The van der Waals surface area contributed by atoms with Crippen LogP contribution in [0.1, 0.15) is 5.69 Å². The maximum absolute atomic E-state index is 11.1. The summed E-state index contributed by atoms with van der Waals surface area (Å²) >= 11 is 0.934. The lowest BCUT2D eigenvalue weighted by atomic mass is 10.4. The Morgan fingerprint density at radius 1 is 1.80 bits per heavy atom. The van der Waals surface area contributed by atoms with E-state index in [-0.39, 0.29) is 17.3 Å². The summed E-state index contributed by atoms with van der Waals surface area (Å²) in [5.74, 6) is -1.02. The van der Waals surface area contributed by atoms with E-state index in [1.807, 2.05) is 0 Å². The molecule has 0 aliphatic carbocycles. The highest BCUT2D eigenvalue weighted by Gasteiger charge is 2.18. The number of nitrogens with one attached hydrogen (secondary N) is 1.